The van der Waals surface area contributed by atoms with Crippen LogP contribution in [0.1, 0.15) is 45.5 Å². The average Bonchev–Trinajstić information content (AvgIpc) is 2.87. The van der Waals surface area contributed by atoms with E-state index >= 15 is 0 Å². The molecule has 0 saturated heterocycles. The number of aldehydes is 1. The largest absolute Gasteiger partial charge is 0.416 e. The van der Waals surface area contributed by atoms with Crippen molar-refractivity contribution in [3.8, 4) is 0 Å². The number of rotatable bonds is 3. The number of fused-ring (bicyclic) bond motifs is 1. The van der Waals surface area contributed by atoms with Crippen LogP contribution in [0.5, 0.6) is 0 Å². The second kappa shape index (κ2) is 6.74. The Kier molecular flexibility index (Phi) is 4.92. The molecular weight excluding hydrogens is 388 g/mol. The lowest BCUT2D eigenvalue weighted by Crippen LogP contribution is -2.22. The number of carbonyl (C=O) groups excluding carboxylic acids is 1. The van der Waals surface area contributed by atoms with Crippen LogP contribution in [0.25, 0.3) is 0 Å². The van der Waals surface area contributed by atoms with Gasteiger partial charge >= 0.3 is 6.18 Å². The Balaban J connectivity index is 2.04. The van der Waals surface area contributed by atoms with Gasteiger partial charge in [-0.15, -0.1) is 0 Å². The standard InChI is InChI=1S/C18H15Cl2F3N2O/c1-9-3-12(18(21,22)23)4-13-10(2)6-25(16(9)13)7-14-15(19)11(8-26)5-24-17(14)20/h3-5,8,10H,6-7H2,1-2H3. The quantitative estimate of drug-likeness (QED) is 0.491. The van der Waals surface area contributed by atoms with Crippen molar-refractivity contribution in [2.75, 3.05) is 11.4 Å². The fourth-order valence-corrected chi connectivity index (χ4v) is 3.87. The molecule has 3 nitrogen and oxygen atoms in total. The first-order valence-electron chi connectivity index (χ1n) is 7.88. The molecule has 1 aromatic heterocycles. The summed E-state index contributed by atoms with van der Waals surface area (Å²) in [5, 5.41) is 0.386. The number of hydrogen-bond donors (Lipinski definition) is 0. The van der Waals surface area contributed by atoms with Gasteiger partial charge < -0.3 is 4.90 Å². The first-order chi connectivity index (χ1) is 12.1. The normalized spacial score (nSPS) is 16.7. The molecule has 0 N–H and O–H groups in total. The van der Waals surface area contributed by atoms with Gasteiger partial charge in [0.25, 0.3) is 0 Å². The SMILES string of the molecule is Cc1cc(C(F)(F)F)cc2c1N(Cc1c(Cl)ncc(C=O)c1Cl)CC2C. The fraction of sp³-hybridized carbons (Fsp3) is 0.333. The van der Waals surface area contributed by atoms with Crippen LogP contribution in [-0.4, -0.2) is 17.8 Å². The summed E-state index contributed by atoms with van der Waals surface area (Å²) in [4.78, 5) is 17.0. The Labute approximate surface area is 158 Å². The van der Waals surface area contributed by atoms with Crippen LogP contribution in [0.15, 0.2) is 18.3 Å². The van der Waals surface area contributed by atoms with Crippen molar-refractivity contribution in [2.24, 2.45) is 0 Å². The molecule has 0 spiro atoms. The molecular formula is C18H15Cl2F3N2O. The summed E-state index contributed by atoms with van der Waals surface area (Å²) in [7, 11) is 0. The molecule has 0 radical (unpaired) electrons. The monoisotopic (exact) mass is 402 g/mol. The van der Waals surface area contributed by atoms with Gasteiger partial charge in [0, 0.05) is 36.5 Å². The molecule has 0 bridgehead atoms. The number of alkyl halides is 3. The molecule has 1 aliphatic heterocycles. The summed E-state index contributed by atoms with van der Waals surface area (Å²) in [5.74, 6) is -0.0780. The molecule has 0 saturated carbocycles. The number of aryl methyl sites for hydroxylation is 1. The van der Waals surface area contributed by atoms with Gasteiger partial charge in [-0.2, -0.15) is 13.2 Å². The highest BCUT2D eigenvalue weighted by atomic mass is 35.5. The van der Waals surface area contributed by atoms with Crippen LogP contribution in [0, 0.1) is 6.92 Å². The number of hydrogen-bond acceptors (Lipinski definition) is 3. The molecule has 8 heteroatoms. The minimum absolute atomic E-state index is 0.0780. The summed E-state index contributed by atoms with van der Waals surface area (Å²) in [5.41, 5.74) is 1.98. The Bertz CT molecular complexity index is 884. The van der Waals surface area contributed by atoms with E-state index in [2.05, 4.69) is 4.98 Å². The van der Waals surface area contributed by atoms with Gasteiger partial charge in [0.15, 0.2) is 6.29 Å². The summed E-state index contributed by atoms with van der Waals surface area (Å²) < 4.78 is 39.3. The number of pyridine rings is 1. The van der Waals surface area contributed by atoms with Gasteiger partial charge in [0.1, 0.15) is 5.15 Å². The molecule has 0 amide bonds. The van der Waals surface area contributed by atoms with Crippen molar-refractivity contribution in [1.29, 1.82) is 0 Å². The van der Waals surface area contributed by atoms with E-state index < -0.39 is 11.7 Å². The van der Waals surface area contributed by atoms with Crippen molar-refractivity contribution in [1.82, 2.24) is 4.98 Å². The van der Waals surface area contributed by atoms with Crippen LogP contribution in [0.4, 0.5) is 18.9 Å². The van der Waals surface area contributed by atoms with Gasteiger partial charge in [-0.3, -0.25) is 4.79 Å². The molecule has 2 aromatic rings. The highest BCUT2D eigenvalue weighted by Gasteiger charge is 2.35. The second-order valence-corrected chi connectivity index (χ2v) is 7.16. The maximum Gasteiger partial charge on any atom is 0.416 e. The Morgan fingerprint density at radius 1 is 1.35 bits per heavy atom. The van der Waals surface area contributed by atoms with Crippen LogP contribution >= 0.6 is 23.2 Å². The molecule has 1 unspecified atom stereocenters. The lowest BCUT2D eigenvalue weighted by Gasteiger charge is -2.23. The zero-order valence-corrected chi connectivity index (χ0v) is 15.5. The maximum atomic E-state index is 13.1. The summed E-state index contributed by atoms with van der Waals surface area (Å²) in [6.45, 7) is 4.31. The number of nitrogens with zero attached hydrogens (tertiary/aromatic N) is 2. The van der Waals surface area contributed by atoms with E-state index in [-0.39, 0.29) is 28.2 Å². The van der Waals surface area contributed by atoms with E-state index in [0.29, 0.717) is 29.5 Å². The molecule has 26 heavy (non-hydrogen) atoms. The summed E-state index contributed by atoms with van der Waals surface area (Å²) in [6.07, 6.45) is -2.50. The van der Waals surface area contributed by atoms with Gasteiger partial charge in [-0.25, -0.2) is 4.98 Å². The van der Waals surface area contributed by atoms with E-state index in [0.717, 1.165) is 11.8 Å². The first kappa shape index (κ1) is 19.0. The lowest BCUT2D eigenvalue weighted by molar-refractivity contribution is -0.137. The minimum atomic E-state index is -4.39. The fourth-order valence-electron chi connectivity index (χ4n) is 3.38. The highest BCUT2D eigenvalue weighted by Crippen LogP contribution is 2.44. The van der Waals surface area contributed by atoms with E-state index in [9.17, 15) is 18.0 Å². The third-order valence-corrected chi connectivity index (χ3v) is 5.33. The molecule has 1 aromatic carbocycles. The zero-order valence-electron chi connectivity index (χ0n) is 14.0. The van der Waals surface area contributed by atoms with E-state index in [4.69, 9.17) is 23.2 Å². The highest BCUT2D eigenvalue weighted by molar-refractivity contribution is 6.36. The van der Waals surface area contributed by atoms with E-state index in [1.807, 2.05) is 11.8 Å². The number of halogens is 5. The molecule has 2 heterocycles. The predicted octanol–water partition coefficient (Wildman–Crippen LogP) is 5.65. The predicted molar refractivity (Wildman–Crippen MR) is 95.3 cm³/mol. The third kappa shape index (κ3) is 3.28. The number of aromatic nitrogens is 1. The smallest absolute Gasteiger partial charge is 0.366 e. The van der Waals surface area contributed by atoms with Gasteiger partial charge in [-0.05, 0) is 30.2 Å². The first-order valence-corrected chi connectivity index (χ1v) is 8.63. The third-order valence-electron chi connectivity index (χ3n) is 4.56. The minimum Gasteiger partial charge on any atom is -0.366 e. The molecule has 0 aliphatic carbocycles. The number of anilines is 1. The molecule has 1 atom stereocenters. The Morgan fingerprint density at radius 3 is 2.65 bits per heavy atom. The zero-order chi connectivity index (χ0) is 19.2. The number of carbonyl (C=O) groups is 1. The maximum absolute atomic E-state index is 13.1. The Hall–Kier alpha value is -1.79. The van der Waals surface area contributed by atoms with Crippen LogP contribution in [0.2, 0.25) is 10.2 Å². The molecule has 138 valence electrons. The van der Waals surface area contributed by atoms with Gasteiger partial charge in [0.2, 0.25) is 0 Å². The Morgan fingerprint density at radius 2 is 2.04 bits per heavy atom. The van der Waals surface area contributed by atoms with Crippen molar-refractivity contribution in [3.63, 3.8) is 0 Å². The summed E-state index contributed by atoms with van der Waals surface area (Å²) >= 11 is 12.4. The van der Waals surface area contributed by atoms with Crippen molar-refractivity contribution >= 4 is 35.2 Å². The molecule has 3 rings (SSSR count). The second-order valence-electron chi connectivity index (χ2n) is 6.43. The molecule has 0 fully saturated rings. The van der Waals surface area contributed by atoms with Crippen molar-refractivity contribution in [3.05, 3.63) is 56.3 Å². The topological polar surface area (TPSA) is 33.2 Å². The van der Waals surface area contributed by atoms with Crippen molar-refractivity contribution in [2.45, 2.75) is 32.5 Å². The van der Waals surface area contributed by atoms with E-state index in [1.54, 1.807) is 6.92 Å². The molecule has 1 aliphatic rings. The van der Waals surface area contributed by atoms with Crippen molar-refractivity contribution < 1.29 is 18.0 Å². The summed E-state index contributed by atoms with van der Waals surface area (Å²) in [6, 6.07) is 2.35. The van der Waals surface area contributed by atoms with Crippen LogP contribution < -0.4 is 4.90 Å². The lowest BCUT2D eigenvalue weighted by atomic mass is 9.98. The van der Waals surface area contributed by atoms with Crippen LogP contribution in [0.3, 0.4) is 0 Å². The van der Waals surface area contributed by atoms with Crippen LogP contribution in [-0.2, 0) is 12.7 Å². The van der Waals surface area contributed by atoms with Gasteiger partial charge in [-0.1, -0.05) is 30.1 Å². The number of benzene rings is 1. The van der Waals surface area contributed by atoms with E-state index in [1.165, 1.54) is 12.3 Å². The van der Waals surface area contributed by atoms with Gasteiger partial charge in [0.05, 0.1) is 16.1 Å². The average molecular weight is 403 g/mol.